The van der Waals surface area contributed by atoms with E-state index in [9.17, 15) is 13.6 Å². The van der Waals surface area contributed by atoms with Crippen LogP contribution in [-0.4, -0.2) is 68.3 Å². The minimum atomic E-state index is -2.53. The van der Waals surface area contributed by atoms with Crippen molar-refractivity contribution in [3.05, 3.63) is 28.8 Å². The maximum Gasteiger partial charge on any atom is 0.253 e. The second kappa shape index (κ2) is 12.4. The summed E-state index contributed by atoms with van der Waals surface area (Å²) in [6, 6.07) is 3.95. The van der Waals surface area contributed by atoms with Gasteiger partial charge < -0.3 is 24.9 Å². The standard InChI is InChI=1S/C12H16ClNO5S.CH5NO/c13-10-3-2-9(8-11(10)20(18)19)12(17)14(5-7-16)4-1-6-15;1-2-3/h2-3,8,15-16H,1,4-7H2,(H,18,19);2-3H,1H3/p-1. The topological polar surface area (TPSA) is 133 Å². The molecule has 0 saturated heterocycles. The van der Waals surface area contributed by atoms with E-state index in [0.29, 0.717) is 6.42 Å². The molecular formula is C13H20ClN2O6S-. The molecule has 1 amide bonds. The highest BCUT2D eigenvalue weighted by molar-refractivity contribution is 7.79. The number of carbonyl (C=O) groups is 1. The van der Waals surface area contributed by atoms with Crippen molar-refractivity contribution in [2.24, 2.45) is 0 Å². The molecule has 0 fully saturated rings. The van der Waals surface area contributed by atoms with Gasteiger partial charge in [0.15, 0.2) is 0 Å². The van der Waals surface area contributed by atoms with E-state index < -0.39 is 17.0 Å². The normalized spacial score (nSPS) is 11.4. The first-order valence-electron chi connectivity index (χ1n) is 6.63. The van der Waals surface area contributed by atoms with Crippen LogP contribution in [0.3, 0.4) is 0 Å². The minimum Gasteiger partial charge on any atom is -0.768 e. The third kappa shape index (κ3) is 7.84. The second-order valence-electron chi connectivity index (χ2n) is 4.20. The molecule has 1 aromatic rings. The number of rotatable bonds is 7. The summed E-state index contributed by atoms with van der Waals surface area (Å²) in [6.45, 7) is 0.0856. The SMILES string of the molecule is CNO.O=C(c1ccc(Cl)c(S(=O)[O-])c1)N(CCO)CCCO. The molecule has 1 unspecified atom stereocenters. The third-order valence-corrected chi connectivity index (χ3v) is 3.74. The van der Waals surface area contributed by atoms with Gasteiger partial charge in [-0.2, -0.15) is 0 Å². The molecular weight excluding hydrogens is 348 g/mol. The Morgan fingerprint density at radius 3 is 2.43 bits per heavy atom. The number of hydrogen-bond donors (Lipinski definition) is 4. The zero-order valence-electron chi connectivity index (χ0n) is 12.6. The van der Waals surface area contributed by atoms with Crippen LogP contribution in [0.15, 0.2) is 23.1 Å². The van der Waals surface area contributed by atoms with Crippen LogP contribution >= 0.6 is 11.6 Å². The van der Waals surface area contributed by atoms with E-state index in [1.54, 1.807) is 5.48 Å². The summed E-state index contributed by atoms with van der Waals surface area (Å²) >= 11 is 3.20. The van der Waals surface area contributed by atoms with Gasteiger partial charge >= 0.3 is 0 Å². The van der Waals surface area contributed by atoms with Crippen molar-refractivity contribution in [2.45, 2.75) is 11.3 Å². The summed E-state index contributed by atoms with van der Waals surface area (Å²) in [5.41, 5.74) is 1.92. The Bertz CT molecular complexity index is 517. The van der Waals surface area contributed by atoms with Gasteiger partial charge in [-0.1, -0.05) is 11.6 Å². The molecule has 0 aliphatic carbocycles. The fourth-order valence-electron chi connectivity index (χ4n) is 1.64. The van der Waals surface area contributed by atoms with E-state index in [-0.39, 0.29) is 41.8 Å². The van der Waals surface area contributed by atoms with E-state index in [2.05, 4.69) is 0 Å². The lowest BCUT2D eigenvalue weighted by Crippen LogP contribution is -2.34. The Hall–Kier alpha value is -1.07. The van der Waals surface area contributed by atoms with E-state index in [1.807, 2.05) is 0 Å². The molecule has 8 nitrogen and oxygen atoms in total. The van der Waals surface area contributed by atoms with Crippen LogP contribution in [0.2, 0.25) is 5.02 Å². The zero-order valence-corrected chi connectivity index (χ0v) is 14.1. The molecule has 0 saturated carbocycles. The van der Waals surface area contributed by atoms with E-state index in [0.717, 1.165) is 0 Å². The van der Waals surface area contributed by atoms with Gasteiger partial charge in [-0.3, -0.25) is 9.00 Å². The Labute approximate surface area is 141 Å². The lowest BCUT2D eigenvalue weighted by molar-refractivity contribution is 0.0710. The molecule has 1 aromatic carbocycles. The number of benzene rings is 1. The van der Waals surface area contributed by atoms with Gasteiger partial charge in [-0.05, 0) is 35.7 Å². The molecule has 1 atom stereocenters. The molecule has 0 aromatic heterocycles. The number of nitrogens with zero attached hydrogens (tertiary/aromatic N) is 1. The first-order valence-corrected chi connectivity index (χ1v) is 8.08. The van der Waals surface area contributed by atoms with Gasteiger partial charge in [0, 0.05) is 37.2 Å². The number of hydroxylamine groups is 1. The molecule has 0 aliphatic rings. The van der Waals surface area contributed by atoms with Crippen molar-refractivity contribution in [3.8, 4) is 0 Å². The van der Waals surface area contributed by atoms with Crippen LogP contribution in [0.4, 0.5) is 0 Å². The molecule has 4 N–H and O–H groups in total. The number of aliphatic hydroxyl groups is 2. The highest BCUT2D eigenvalue weighted by atomic mass is 35.5. The first-order chi connectivity index (χ1) is 10.9. The molecule has 0 spiro atoms. The molecule has 0 bridgehead atoms. The maximum absolute atomic E-state index is 12.2. The van der Waals surface area contributed by atoms with Crippen LogP contribution in [0.25, 0.3) is 0 Å². The van der Waals surface area contributed by atoms with Gasteiger partial charge in [-0.15, -0.1) is 0 Å². The monoisotopic (exact) mass is 367 g/mol. The summed E-state index contributed by atoms with van der Waals surface area (Å²) in [7, 11) is 1.43. The predicted octanol–water partition coefficient (Wildman–Crippen LogP) is -0.0101. The lowest BCUT2D eigenvalue weighted by atomic mass is 10.2. The molecule has 10 heteroatoms. The number of carbonyl (C=O) groups excluding carboxylic acids is 1. The smallest absolute Gasteiger partial charge is 0.253 e. The summed E-state index contributed by atoms with van der Waals surface area (Å²) < 4.78 is 22.0. The summed E-state index contributed by atoms with van der Waals surface area (Å²) in [4.78, 5) is 13.4. The van der Waals surface area contributed by atoms with Crippen molar-refractivity contribution >= 4 is 28.6 Å². The lowest BCUT2D eigenvalue weighted by Gasteiger charge is -2.22. The van der Waals surface area contributed by atoms with Crippen LogP contribution < -0.4 is 5.48 Å². The highest BCUT2D eigenvalue weighted by Crippen LogP contribution is 2.21. The largest absolute Gasteiger partial charge is 0.768 e. The van der Waals surface area contributed by atoms with Crippen LogP contribution in [-0.2, 0) is 11.1 Å². The van der Waals surface area contributed by atoms with Crippen molar-refractivity contribution < 1.29 is 29.0 Å². The number of nitrogens with one attached hydrogen (secondary N) is 1. The molecule has 132 valence electrons. The minimum absolute atomic E-state index is 0.0407. The third-order valence-electron chi connectivity index (χ3n) is 2.60. The Kier molecular flexibility index (Phi) is 11.8. The molecule has 0 radical (unpaired) electrons. The summed E-state index contributed by atoms with van der Waals surface area (Å²) in [6.07, 6.45) is 0.375. The van der Waals surface area contributed by atoms with Crippen LogP contribution in [0, 0.1) is 0 Å². The van der Waals surface area contributed by atoms with E-state index in [4.69, 9.17) is 27.0 Å². The van der Waals surface area contributed by atoms with Crippen LogP contribution in [0.5, 0.6) is 0 Å². The van der Waals surface area contributed by atoms with Crippen molar-refractivity contribution in [2.75, 3.05) is 33.4 Å². The maximum atomic E-state index is 12.2. The van der Waals surface area contributed by atoms with E-state index in [1.165, 1.54) is 30.1 Å². The quantitative estimate of drug-likeness (QED) is 0.393. The Morgan fingerprint density at radius 2 is 1.96 bits per heavy atom. The zero-order chi connectivity index (χ0) is 17.8. The number of amides is 1. The van der Waals surface area contributed by atoms with Crippen molar-refractivity contribution in [3.63, 3.8) is 0 Å². The fraction of sp³-hybridized carbons (Fsp3) is 0.462. The Balaban J connectivity index is 0.00000149. The van der Waals surface area contributed by atoms with Gasteiger partial charge in [0.1, 0.15) is 0 Å². The van der Waals surface area contributed by atoms with Gasteiger partial charge in [-0.25, -0.2) is 5.48 Å². The fourth-order valence-corrected chi connectivity index (χ4v) is 2.40. The van der Waals surface area contributed by atoms with Crippen LogP contribution in [0.1, 0.15) is 16.8 Å². The predicted molar refractivity (Wildman–Crippen MR) is 84.2 cm³/mol. The van der Waals surface area contributed by atoms with Crippen molar-refractivity contribution in [1.82, 2.24) is 10.4 Å². The van der Waals surface area contributed by atoms with E-state index >= 15 is 0 Å². The second-order valence-corrected chi connectivity index (χ2v) is 5.51. The average molecular weight is 368 g/mol. The molecule has 23 heavy (non-hydrogen) atoms. The molecule has 0 heterocycles. The Morgan fingerprint density at radius 1 is 1.35 bits per heavy atom. The summed E-state index contributed by atoms with van der Waals surface area (Å²) in [5, 5.41) is 25.1. The highest BCUT2D eigenvalue weighted by Gasteiger charge is 2.16. The van der Waals surface area contributed by atoms with Crippen molar-refractivity contribution in [1.29, 1.82) is 0 Å². The van der Waals surface area contributed by atoms with Gasteiger partial charge in [0.25, 0.3) is 5.91 Å². The number of halogens is 1. The molecule has 0 aliphatic heterocycles. The first kappa shape index (κ1) is 21.9. The average Bonchev–Trinajstić information content (AvgIpc) is 2.51. The summed E-state index contributed by atoms with van der Waals surface area (Å²) in [5.74, 6) is -0.420. The number of aliphatic hydroxyl groups excluding tert-OH is 2. The van der Waals surface area contributed by atoms with Gasteiger partial charge in [0.2, 0.25) is 0 Å². The number of hydrogen-bond acceptors (Lipinski definition) is 7. The van der Waals surface area contributed by atoms with Gasteiger partial charge in [0.05, 0.1) is 11.6 Å². The molecule has 1 rings (SSSR count).